The number of ether oxygens (including phenoxy) is 1. The molecule has 7 heteroatoms. The van der Waals surface area contributed by atoms with Gasteiger partial charge in [0.25, 0.3) is 0 Å². The number of carbonyl (C=O) groups is 1. The number of rotatable bonds is 6. The maximum absolute atomic E-state index is 12.1. The molecular formula is C18H29Cl2N3O2. The Morgan fingerprint density at radius 1 is 1.32 bits per heavy atom. The zero-order valence-electron chi connectivity index (χ0n) is 14.8. The summed E-state index contributed by atoms with van der Waals surface area (Å²) < 4.78 is 5.89. The molecule has 0 bridgehead atoms. The fraction of sp³-hybridized carbons (Fsp3) is 0.611. The summed E-state index contributed by atoms with van der Waals surface area (Å²) in [6.07, 6.45) is 3.54. The zero-order valence-corrected chi connectivity index (χ0v) is 16.4. The fourth-order valence-electron chi connectivity index (χ4n) is 3.30. The first-order valence-electron chi connectivity index (χ1n) is 8.70. The summed E-state index contributed by atoms with van der Waals surface area (Å²) in [6.45, 7) is 7.85. The van der Waals surface area contributed by atoms with Crippen LogP contribution in [0.15, 0.2) is 18.2 Å². The van der Waals surface area contributed by atoms with Crippen LogP contribution >= 0.6 is 24.8 Å². The molecule has 2 heterocycles. The predicted molar refractivity (Wildman–Crippen MR) is 106 cm³/mol. The highest BCUT2D eigenvalue weighted by atomic mass is 35.5. The van der Waals surface area contributed by atoms with Crippen molar-refractivity contribution in [2.45, 2.75) is 26.2 Å². The van der Waals surface area contributed by atoms with E-state index >= 15 is 0 Å². The van der Waals surface area contributed by atoms with Crippen LogP contribution in [-0.4, -0.2) is 50.1 Å². The van der Waals surface area contributed by atoms with E-state index < -0.39 is 0 Å². The Bertz CT molecular complexity index is 545. The van der Waals surface area contributed by atoms with E-state index in [9.17, 15) is 4.79 Å². The Morgan fingerprint density at radius 2 is 2.08 bits per heavy atom. The smallest absolute Gasteiger partial charge is 0.228 e. The van der Waals surface area contributed by atoms with Crippen LogP contribution in [-0.2, 0) is 4.79 Å². The molecular weight excluding hydrogens is 361 g/mol. The molecule has 0 spiro atoms. The van der Waals surface area contributed by atoms with Crippen LogP contribution < -0.4 is 15.4 Å². The van der Waals surface area contributed by atoms with Crippen molar-refractivity contribution in [1.29, 1.82) is 0 Å². The lowest BCUT2D eigenvalue weighted by molar-refractivity contribution is -0.119. The molecule has 1 unspecified atom stereocenters. The van der Waals surface area contributed by atoms with Crippen LogP contribution in [0, 0.1) is 12.8 Å². The molecule has 1 amide bonds. The summed E-state index contributed by atoms with van der Waals surface area (Å²) >= 11 is 0. The number of halogens is 2. The van der Waals surface area contributed by atoms with Crippen molar-refractivity contribution in [1.82, 2.24) is 10.2 Å². The minimum absolute atomic E-state index is 0. The molecule has 142 valence electrons. The molecule has 3 rings (SSSR count). The van der Waals surface area contributed by atoms with Gasteiger partial charge in [-0.2, -0.15) is 0 Å². The van der Waals surface area contributed by atoms with E-state index in [1.807, 2.05) is 25.1 Å². The van der Waals surface area contributed by atoms with Crippen molar-refractivity contribution in [3.8, 4) is 5.75 Å². The molecule has 2 fully saturated rings. The van der Waals surface area contributed by atoms with Crippen LogP contribution in [0.3, 0.4) is 0 Å². The maximum atomic E-state index is 12.1. The minimum Gasteiger partial charge on any atom is -0.492 e. The van der Waals surface area contributed by atoms with Gasteiger partial charge in [-0.15, -0.1) is 24.8 Å². The van der Waals surface area contributed by atoms with E-state index in [2.05, 4.69) is 15.5 Å². The van der Waals surface area contributed by atoms with E-state index in [0.717, 1.165) is 49.7 Å². The number of benzene rings is 1. The monoisotopic (exact) mass is 389 g/mol. The van der Waals surface area contributed by atoms with Crippen molar-refractivity contribution in [2.24, 2.45) is 5.92 Å². The molecule has 0 aromatic heterocycles. The summed E-state index contributed by atoms with van der Waals surface area (Å²) in [6, 6.07) is 5.88. The van der Waals surface area contributed by atoms with Crippen molar-refractivity contribution >= 4 is 36.4 Å². The number of hydrogen-bond acceptors (Lipinski definition) is 4. The quantitative estimate of drug-likeness (QED) is 0.785. The zero-order chi connectivity index (χ0) is 16.1. The molecule has 5 nitrogen and oxygen atoms in total. The van der Waals surface area contributed by atoms with Gasteiger partial charge in [0.2, 0.25) is 5.91 Å². The molecule has 1 atom stereocenters. The predicted octanol–water partition coefficient (Wildman–Crippen LogP) is 2.86. The number of carbonyl (C=O) groups excluding carboxylic acids is 1. The molecule has 25 heavy (non-hydrogen) atoms. The first-order chi connectivity index (χ1) is 11.2. The number of anilines is 1. The second-order valence-corrected chi connectivity index (χ2v) is 6.56. The summed E-state index contributed by atoms with van der Waals surface area (Å²) in [5.74, 6) is 1.11. The molecule has 1 aromatic carbocycles. The lowest BCUT2D eigenvalue weighted by Crippen LogP contribution is -2.25. The highest BCUT2D eigenvalue weighted by molar-refractivity contribution is 5.93. The summed E-state index contributed by atoms with van der Waals surface area (Å²) in [4.78, 5) is 14.6. The Balaban J connectivity index is 0.00000156. The normalized spacial score (nSPS) is 19.8. The Hall–Kier alpha value is -1.01. The van der Waals surface area contributed by atoms with Gasteiger partial charge in [0, 0.05) is 18.8 Å². The standard InChI is InChI=1S/C18H27N3O2.2ClH/c1-14-12-16(20-18(22)15-6-7-19-13-15)4-5-17(14)23-11-10-21-8-2-3-9-21;;/h4-5,12,15,19H,2-3,6-11,13H2,1H3,(H,20,22);2*1H. The summed E-state index contributed by atoms with van der Waals surface area (Å²) in [5, 5.41) is 6.23. The number of nitrogens with one attached hydrogen (secondary N) is 2. The molecule has 0 saturated carbocycles. The number of aryl methyl sites for hydroxylation is 1. The first-order valence-corrected chi connectivity index (χ1v) is 8.70. The highest BCUT2D eigenvalue weighted by Gasteiger charge is 2.22. The Morgan fingerprint density at radius 3 is 2.72 bits per heavy atom. The average Bonchev–Trinajstić information content (AvgIpc) is 3.22. The average molecular weight is 390 g/mol. The van der Waals surface area contributed by atoms with Crippen molar-refractivity contribution in [2.75, 3.05) is 44.6 Å². The van der Waals surface area contributed by atoms with Gasteiger partial charge in [0.15, 0.2) is 0 Å². The van der Waals surface area contributed by atoms with Crippen molar-refractivity contribution in [3.63, 3.8) is 0 Å². The molecule has 0 radical (unpaired) electrons. The van der Waals surface area contributed by atoms with E-state index in [0.29, 0.717) is 0 Å². The maximum Gasteiger partial charge on any atom is 0.228 e. The van der Waals surface area contributed by atoms with Gasteiger partial charge in [0.1, 0.15) is 12.4 Å². The van der Waals surface area contributed by atoms with Gasteiger partial charge < -0.3 is 15.4 Å². The van der Waals surface area contributed by atoms with Crippen LogP contribution in [0.5, 0.6) is 5.75 Å². The molecule has 2 saturated heterocycles. The molecule has 2 N–H and O–H groups in total. The SMILES string of the molecule is Cc1cc(NC(=O)C2CCNC2)ccc1OCCN1CCCC1.Cl.Cl. The van der Waals surface area contributed by atoms with Crippen LogP contribution in [0.4, 0.5) is 5.69 Å². The van der Waals surface area contributed by atoms with Gasteiger partial charge in [-0.1, -0.05) is 0 Å². The lowest BCUT2D eigenvalue weighted by atomic mass is 10.1. The van der Waals surface area contributed by atoms with E-state index in [-0.39, 0.29) is 36.6 Å². The van der Waals surface area contributed by atoms with Gasteiger partial charge in [-0.25, -0.2) is 0 Å². The Kier molecular flexibility index (Phi) is 9.57. The molecule has 2 aliphatic heterocycles. The third-order valence-corrected chi connectivity index (χ3v) is 4.74. The van der Waals surface area contributed by atoms with Gasteiger partial charge in [-0.3, -0.25) is 9.69 Å². The molecule has 0 aliphatic carbocycles. The number of likely N-dealkylation sites (tertiary alicyclic amines) is 1. The second kappa shape index (κ2) is 10.9. The number of amides is 1. The molecule has 2 aliphatic rings. The van der Waals surface area contributed by atoms with E-state index in [1.165, 1.54) is 25.9 Å². The third kappa shape index (κ3) is 6.33. The van der Waals surface area contributed by atoms with Gasteiger partial charge in [-0.05, 0) is 69.6 Å². The number of hydrogen-bond donors (Lipinski definition) is 2. The van der Waals surface area contributed by atoms with E-state index in [4.69, 9.17) is 4.74 Å². The number of nitrogens with zero attached hydrogens (tertiary/aromatic N) is 1. The summed E-state index contributed by atoms with van der Waals surface area (Å²) in [7, 11) is 0. The topological polar surface area (TPSA) is 53.6 Å². The third-order valence-electron chi connectivity index (χ3n) is 4.74. The summed E-state index contributed by atoms with van der Waals surface area (Å²) in [5.41, 5.74) is 1.92. The van der Waals surface area contributed by atoms with Crippen molar-refractivity contribution in [3.05, 3.63) is 23.8 Å². The van der Waals surface area contributed by atoms with Gasteiger partial charge >= 0.3 is 0 Å². The highest BCUT2D eigenvalue weighted by Crippen LogP contribution is 2.23. The minimum atomic E-state index is 0. The molecule has 1 aromatic rings. The van der Waals surface area contributed by atoms with Gasteiger partial charge in [0.05, 0.1) is 5.92 Å². The van der Waals surface area contributed by atoms with Crippen LogP contribution in [0.1, 0.15) is 24.8 Å². The fourth-order valence-corrected chi connectivity index (χ4v) is 3.30. The second-order valence-electron chi connectivity index (χ2n) is 6.56. The van der Waals surface area contributed by atoms with E-state index in [1.54, 1.807) is 0 Å². The van der Waals surface area contributed by atoms with Crippen LogP contribution in [0.2, 0.25) is 0 Å². The first kappa shape index (κ1) is 22.0. The lowest BCUT2D eigenvalue weighted by Gasteiger charge is -2.16. The largest absolute Gasteiger partial charge is 0.492 e. The Labute approximate surface area is 162 Å². The van der Waals surface area contributed by atoms with Crippen molar-refractivity contribution < 1.29 is 9.53 Å². The van der Waals surface area contributed by atoms with Crippen LogP contribution in [0.25, 0.3) is 0 Å².